The van der Waals surface area contributed by atoms with Crippen LogP contribution in [0.15, 0.2) is 54.7 Å². The van der Waals surface area contributed by atoms with E-state index in [1.807, 2.05) is 36.4 Å². The van der Waals surface area contributed by atoms with Gasteiger partial charge in [0.2, 0.25) is 0 Å². The number of nitrogens with zero attached hydrogens (tertiary/aromatic N) is 1. The number of aromatic nitrogens is 1. The first-order valence-electron chi connectivity index (χ1n) is 5.94. The molecule has 1 aromatic carbocycles. The van der Waals surface area contributed by atoms with Gasteiger partial charge in [0.1, 0.15) is 5.75 Å². The molecule has 0 unspecified atom stereocenters. The Morgan fingerprint density at radius 1 is 1.10 bits per heavy atom. The van der Waals surface area contributed by atoms with E-state index in [4.69, 9.17) is 4.74 Å². The van der Waals surface area contributed by atoms with Crippen molar-refractivity contribution >= 4 is 11.3 Å². The number of hydrogen-bond donors (Lipinski definition) is 0. The average Bonchev–Trinajstić information content (AvgIpc) is 2.98. The van der Waals surface area contributed by atoms with Crippen molar-refractivity contribution in [1.82, 2.24) is 4.98 Å². The van der Waals surface area contributed by atoms with E-state index in [1.165, 1.54) is 10.4 Å². The minimum absolute atomic E-state index is 0. The molecular formula is C16H12IrNOS-. The molecular weight excluding hydrogens is 446 g/mol. The zero-order chi connectivity index (χ0) is 13.1. The summed E-state index contributed by atoms with van der Waals surface area (Å²) in [5.74, 6) is 0.870. The van der Waals surface area contributed by atoms with E-state index in [-0.39, 0.29) is 20.1 Å². The normalized spacial score (nSPS) is 9.85. The van der Waals surface area contributed by atoms with Crippen LogP contribution in [0.4, 0.5) is 0 Å². The van der Waals surface area contributed by atoms with Crippen LogP contribution in [0.25, 0.3) is 21.0 Å². The van der Waals surface area contributed by atoms with E-state index in [0.717, 1.165) is 16.3 Å². The Morgan fingerprint density at radius 3 is 2.55 bits per heavy atom. The minimum atomic E-state index is 0. The fourth-order valence-electron chi connectivity index (χ4n) is 1.82. The van der Waals surface area contributed by atoms with Gasteiger partial charge in [0, 0.05) is 26.3 Å². The van der Waals surface area contributed by atoms with Gasteiger partial charge in [-0.25, -0.2) is 11.3 Å². The van der Waals surface area contributed by atoms with Crippen molar-refractivity contribution in [2.75, 3.05) is 7.11 Å². The molecule has 0 amide bonds. The van der Waals surface area contributed by atoms with Crippen LogP contribution < -0.4 is 4.74 Å². The molecule has 1 radical (unpaired) electrons. The minimum Gasteiger partial charge on any atom is -0.497 e. The Bertz CT molecular complexity index is 664. The number of hydrogen-bond acceptors (Lipinski definition) is 3. The second kappa shape index (κ2) is 6.80. The number of thiophene rings is 1. The second-order valence-electron chi connectivity index (χ2n) is 4.03. The first-order valence-corrected chi connectivity index (χ1v) is 6.76. The van der Waals surface area contributed by atoms with E-state index < -0.39 is 0 Å². The fraction of sp³-hybridized carbons (Fsp3) is 0.0625. The number of ether oxygens (including phenoxy) is 1. The van der Waals surface area contributed by atoms with E-state index in [9.17, 15) is 0 Å². The first-order chi connectivity index (χ1) is 9.36. The van der Waals surface area contributed by atoms with E-state index in [0.29, 0.717) is 0 Å². The molecule has 0 atom stereocenters. The molecule has 0 saturated heterocycles. The van der Waals surface area contributed by atoms with E-state index in [1.54, 1.807) is 24.6 Å². The molecule has 3 aromatic rings. The molecule has 0 aliphatic rings. The van der Waals surface area contributed by atoms with Crippen LogP contribution in [0.5, 0.6) is 5.75 Å². The molecule has 103 valence electrons. The van der Waals surface area contributed by atoms with Crippen LogP contribution in [0.1, 0.15) is 0 Å². The van der Waals surface area contributed by atoms with Crippen molar-refractivity contribution in [3.63, 3.8) is 0 Å². The van der Waals surface area contributed by atoms with Gasteiger partial charge in [0.25, 0.3) is 0 Å². The molecule has 0 aliphatic carbocycles. The van der Waals surface area contributed by atoms with Crippen molar-refractivity contribution < 1.29 is 24.8 Å². The van der Waals surface area contributed by atoms with Crippen LogP contribution in [0, 0.1) is 6.07 Å². The zero-order valence-electron chi connectivity index (χ0n) is 10.8. The van der Waals surface area contributed by atoms with Crippen molar-refractivity contribution in [3.05, 3.63) is 60.8 Å². The van der Waals surface area contributed by atoms with Crippen LogP contribution in [-0.2, 0) is 20.1 Å². The summed E-state index contributed by atoms with van der Waals surface area (Å²) in [6, 6.07) is 19.2. The first kappa shape index (κ1) is 14.9. The Labute approximate surface area is 135 Å². The molecule has 0 bridgehead atoms. The monoisotopic (exact) mass is 459 g/mol. The van der Waals surface area contributed by atoms with Crippen molar-refractivity contribution in [1.29, 1.82) is 0 Å². The molecule has 0 N–H and O–H groups in total. The smallest absolute Gasteiger partial charge is 0.118 e. The molecule has 0 fully saturated rings. The van der Waals surface area contributed by atoms with Gasteiger partial charge in [-0.1, -0.05) is 39.6 Å². The van der Waals surface area contributed by atoms with E-state index >= 15 is 0 Å². The van der Waals surface area contributed by atoms with Gasteiger partial charge in [-0.05, 0) is 23.9 Å². The summed E-state index contributed by atoms with van der Waals surface area (Å²) in [4.78, 5) is 6.59. The summed E-state index contributed by atoms with van der Waals surface area (Å²) in [6.45, 7) is 0. The van der Waals surface area contributed by atoms with Gasteiger partial charge in [0.15, 0.2) is 0 Å². The van der Waals surface area contributed by atoms with E-state index in [2.05, 4.69) is 23.2 Å². The predicted octanol–water partition coefficient (Wildman–Crippen LogP) is 4.28. The summed E-state index contributed by atoms with van der Waals surface area (Å²) in [6.07, 6.45) is 1.80. The Morgan fingerprint density at radius 2 is 1.90 bits per heavy atom. The van der Waals surface area contributed by atoms with Gasteiger partial charge in [-0.2, -0.15) is 12.1 Å². The maximum absolute atomic E-state index is 5.17. The number of pyridine rings is 1. The van der Waals surface area contributed by atoms with Gasteiger partial charge in [0.05, 0.1) is 7.11 Å². The molecule has 2 aromatic heterocycles. The summed E-state index contributed by atoms with van der Waals surface area (Å²) in [5.41, 5.74) is 2.14. The van der Waals surface area contributed by atoms with Gasteiger partial charge >= 0.3 is 0 Å². The molecule has 2 nitrogen and oxygen atoms in total. The predicted molar refractivity (Wildman–Crippen MR) is 78.4 cm³/mol. The number of methoxy groups -OCH3 is 1. The van der Waals surface area contributed by atoms with Crippen LogP contribution in [-0.4, -0.2) is 12.1 Å². The van der Waals surface area contributed by atoms with Crippen LogP contribution in [0.2, 0.25) is 0 Å². The van der Waals surface area contributed by atoms with Crippen LogP contribution >= 0.6 is 11.3 Å². The summed E-state index contributed by atoms with van der Waals surface area (Å²) in [5, 5.41) is 0. The van der Waals surface area contributed by atoms with Crippen LogP contribution in [0.3, 0.4) is 0 Å². The fourth-order valence-corrected chi connectivity index (χ4v) is 2.76. The quantitative estimate of drug-likeness (QED) is 0.547. The zero-order valence-corrected chi connectivity index (χ0v) is 14.0. The molecule has 3 rings (SSSR count). The van der Waals surface area contributed by atoms with Gasteiger partial charge in [-0.15, -0.1) is 0 Å². The maximum atomic E-state index is 5.17. The molecule has 4 heteroatoms. The maximum Gasteiger partial charge on any atom is 0.118 e. The van der Waals surface area contributed by atoms with Gasteiger partial charge in [-0.3, -0.25) is 0 Å². The van der Waals surface area contributed by atoms with Crippen molar-refractivity contribution in [2.45, 2.75) is 0 Å². The second-order valence-corrected chi connectivity index (χ2v) is 5.08. The average molecular weight is 459 g/mol. The summed E-state index contributed by atoms with van der Waals surface area (Å²) < 4.78 is 5.17. The van der Waals surface area contributed by atoms with Crippen molar-refractivity contribution in [3.8, 4) is 26.8 Å². The number of benzene rings is 1. The molecule has 0 aliphatic heterocycles. The Kier molecular flexibility index (Phi) is 5.07. The Hall–Kier alpha value is -1.48. The topological polar surface area (TPSA) is 22.1 Å². The largest absolute Gasteiger partial charge is 0.497 e. The third-order valence-corrected chi connectivity index (χ3v) is 3.92. The Balaban J connectivity index is 0.00000147. The standard InChI is InChI=1S/C16H12NOS.Ir/c1-18-13-7-5-12(6-8-13)15-9-10-16(19-15)14-4-2-3-11-17-14;/h2-9,11H,1H3;/q-1;. The summed E-state index contributed by atoms with van der Waals surface area (Å²) in [7, 11) is 1.67. The third-order valence-electron chi connectivity index (χ3n) is 2.82. The number of rotatable bonds is 3. The summed E-state index contributed by atoms with van der Waals surface area (Å²) >= 11 is 1.69. The molecule has 20 heavy (non-hydrogen) atoms. The van der Waals surface area contributed by atoms with Crippen molar-refractivity contribution in [2.24, 2.45) is 0 Å². The third kappa shape index (κ3) is 3.15. The molecule has 0 spiro atoms. The van der Waals surface area contributed by atoms with Gasteiger partial charge < -0.3 is 9.72 Å². The SMILES string of the molecule is COc1ccc(-c2c[c-]c(-c3ccccn3)s2)cc1.[Ir]. The molecule has 2 heterocycles. The molecule has 0 saturated carbocycles.